The van der Waals surface area contributed by atoms with Crippen molar-refractivity contribution in [2.75, 3.05) is 5.32 Å². The molecule has 4 rings (SSSR count). The number of carbonyl (C=O) groups is 2. The van der Waals surface area contributed by atoms with Crippen molar-refractivity contribution in [2.24, 2.45) is 11.3 Å². The van der Waals surface area contributed by atoms with Crippen LogP contribution in [0.3, 0.4) is 0 Å². The number of hydrogen-bond acceptors (Lipinski definition) is 4. The molecule has 6 nitrogen and oxygen atoms in total. The largest absolute Gasteiger partial charge is 0.481 e. The fraction of sp³-hybridized carbons (Fsp3) is 0.607. The van der Waals surface area contributed by atoms with E-state index >= 15 is 0 Å². The molecule has 0 radical (unpaired) electrons. The molecule has 2 aromatic rings. The summed E-state index contributed by atoms with van der Waals surface area (Å²) in [5.41, 5.74) is 4.98. The average molecular weight is 467 g/mol. The summed E-state index contributed by atoms with van der Waals surface area (Å²) in [6.07, 6.45) is 5.49. The van der Waals surface area contributed by atoms with Crippen LogP contribution in [0.5, 0.6) is 0 Å². The van der Waals surface area contributed by atoms with Gasteiger partial charge in [-0.25, -0.2) is 0 Å². The van der Waals surface area contributed by atoms with Gasteiger partial charge >= 0.3 is 5.97 Å². The van der Waals surface area contributed by atoms with Crippen LogP contribution < -0.4 is 5.32 Å². The van der Waals surface area contributed by atoms with Crippen LogP contribution in [0.4, 0.5) is 5.69 Å². The molecule has 0 aliphatic heterocycles. The quantitative estimate of drug-likeness (QED) is 0.430. The predicted octanol–water partition coefficient (Wildman–Crippen LogP) is 6.69. The second-order valence-corrected chi connectivity index (χ2v) is 11.8. The molecule has 6 heteroatoms. The van der Waals surface area contributed by atoms with Gasteiger partial charge in [-0.3, -0.25) is 9.59 Å². The number of aromatic nitrogens is 1. The third-order valence-corrected chi connectivity index (χ3v) is 7.17. The predicted molar refractivity (Wildman–Crippen MR) is 132 cm³/mol. The van der Waals surface area contributed by atoms with Crippen molar-refractivity contribution in [1.82, 2.24) is 5.16 Å². The molecule has 2 saturated carbocycles. The number of carbonyl (C=O) groups excluding carboxylic acids is 1. The second-order valence-electron chi connectivity index (χ2n) is 11.8. The number of hydrogen-bond donors (Lipinski definition) is 2. The van der Waals surface area contributed by atoms with Crippen molar-refractivity contribution in [2.45, 2.75) is 97.3 Å². The highest BCUT2D eigenvalue weighted by atomic mass is 16.5. The first kappa shape index (κ1) is 24.5. The first-order chi connectivity index (χ1) is 16.0. The van der Waals surface area contributed by atoms with Crippen molar-refractivity contribution in [3.63, 3.8) is 0 Å². The lowest BCUT2D eigenvalue weighted by Crippen LogP contribution is -2.26. The van der Waals surface area contributed by atoms with Crippen molar-refractivity contribution in [3.05, 3.63) is 46.3 Å². The number of amides is 1. The number of aliphatic carboxylic acids is 1. The lowest BCUT2D eigenvalue weighted by molar-refractivity contribution is -0.137. The van der Waals surface area contributed by atoms with Gasteiger partial charge in [-0.05, 0) is 74.8 Å². The van der Waals surface area contributed by atoms with Gasteiger partial charge in [-0.15, -0.1) is 0 Å². The minimum Gasteiger partial charge on any atom is -0.481 e. The molecule has 1 aromatic heterocycles. The molecule has 2 fully saturated rings. The maximum Gasteiger partial charge on any atom is 0.304 e. The summed E-state index contributed by atoms with van der Waals surface area (Å²) in [5.74, 6) is 0.775. The Morgan fingerprint density at radius 1 is 1.15 bits per heavy atom. The Balaban J connectivity index is 1.51. The van der Waals surface area contributed by atoms with Crippen molar-refractivity contribution >= 4 is 17.6 Å². The van der Waals surface area contributed by atoms with Crippen molar-refractivity contribution in [3.8, 4) is 0 Å². The molecule has 1 heterocycles. The van der Waals surface area contributed by atoms with Gasteiger partial charge < -0.3 is 14.9 Å². The van der Waals surface area contributed by atoms with Crippen LogP contribution >= 0.6 is 0 Å². The molecule has 0 unspecified atom stereocenters. The fourth-order valence-corrected chi connectivity index (χ4v) is 5.53. The molecule has 0 spiro atoms. The maximum absolute atomic E-state index is 12.9. The van der Waals surface area contributed by atoms with Crippen LogP contribution in [-0.4, -0.2) is 22.1 Å². The molecule has 34 heavy (non-hydrogen) atoms. The number of carboxylic acid groups (broad SMARTS) is 1. The van der Waals surface area contributed by atoms with Gasteiger partial charge in [0.15, 0.2) is 0 Å². The molecule has 1 aromatic carbocycles. The third kappa shape index (κ3) is 5.89. The monoisotopic (exact) mass is 466 g/mol. The van der Waals surface area contributed by atoms with Gasteiger partial charge in [0.2, 0.25) is 5.91 Å². The van der Waals surface area contributed by atoms with E-state index in [0.29, 0.717) is 28.9 Å². The molecular weight excluding hydrogens is 428 g/mol. The summed E-state index contributed by atoms with van der Waals surface area (Å²) in [6, 6.07) is 5.87. The summed E-state index contributed by atoms with van der Waals surface area (Å²) in [7, 11) is 0. The van der Waals surface area contributed by atoms with E-state index in [4.69, 9.17) is 4.52 Å². The first-order valence-corrected chi connectivity index (χ1v) is 12.6. The van der Waals surface area contributed by atoms with Crippen LogP contribution in [0.15, 0.2) is 22.7 Å². The number of nitrogens with zero attached hydrogens (tertiary/aromatic N) is 1. The Bertz CT molecular complexity index is 1050. The van der Waals surface area contributed by atoms with E-state index in [1.54, 1.807) is 0 Å². The Hall–Kier alpha value is -2.63. The van der Waals surface area contributed by atoms with Gasteiger partial charge in [-0.2, -0.15) is 0 Å². The fourth-order valence-electron chi connectivity index (χ4n) is 5.53. The summed E-state index contributed by atoms with van der Waals surface area (Å²) in [6.45, 7) is 10.8. The van der Waals surface area contributed by atoms with Gasteiger partial charge in [0.1, 0.15) is 5.76 Å². The average Bonchev–Trinajstić information content (AvgIpc) is 3.43. The first-order valence-electron chi connectivity index (χ1n) is 12.6. The van der Waals surface area contributed by atoms with Gasteiger partial charge in [-0.1, -0.05) is 43.6 Å². The smallest absolute Gasteiger partial charge is 0.304 e. The third-order valence-electron chi connectivity index (χ3n) is 7.17. The molecule has 1 atom stereocenters. The highest BCUT2D eigenvalue weighted by molar-refractivity contribution is 5.92. The van der Waals surface area contributed by atoms with E-state index in [2.05, 4.69) is 31.2 Å². The normalized spacial score (nSPS) is 21.1. The summed E-state index contributed by atoms with van der Waals surface area (Å²) >= 11 is 0. The number of carboxylic acids is 1. The van der Waals surface area contributed by atoms with E-state index in [1.807, 2.05) is 32.0 Å². The molecular formula is C28H38N2O4. The van der Waals surface area contributed by atoms with Crippen molar-refractivity contribution < 1.29 is 19.2 Å². The molecule has 0 bridgehead atoms. The Labute approximate surface area is 202 Å². The van der Waals surface area contributed by atoms with E-state index in [0.717, 1.165) is 53.8 Å². The lowest BCUT2D eigenvalue weighted by Gasteiger charge is -2.38. The zero-order valence-corrected chi connectivity index (χ0v) is 21.1. The molecule has 0 saturated heterocycles. The van der Waals surface area contributed by atoms with Gasteiger partial charge in [0, 0.05) is 29.5 Å². The summed E-state index contributed by atoms with van der Waals surface area (Å²) in [4.78, 5) is 24.6. The molecule has 1 amide bonds. The van der Waals surface area contributed by atoms with E-state index in [1.165, 1.54) is 6.42 Å². The van der Waals surface area contributed by atoms with Gasteiger partial charge in [0.25, 0.3) is 0 Å². The Morgan fingerprint density at radius 3 is 2.44 bits per heavy atom. The van der Waals surface area contributed by atoms with E-state index < -0.39 is 11.9 Å². The number of benzene rings is 1. The number of nitrogens with one attached hydrogen (secondary N) is 1. The SMILES string of the molecule is Cc1ccc(NC(=O)C[C@H](CC(=O)O)c2noc(C3CC(CC(C)(C)C)C3)c2C2CC2)c(C)c1. The number of rotatable bonds is 9. The molecule has 184 valence electrons. The number of aryl methyl sites for hydroxylation is 2. The van der Waals surface area contributed by atoms with E-state index in [9.17, 15) is 14.7 Å². The van der Waals surface area contributed by atoms with Crippen molar-refractivity contribution in [1.29, 1.82) is 0 Å². The Kier molecular flexibility index (Phi) is 6.88. The lowest BCUT2D eigenvalue weighted by atomic mass is 9.67. The van der Waals surface area contributed by atoms with Crippen LogP contribution in [-0.2, 0) is 9.59 Å². The summed E-state index contributed by atoms with van der Waals surface area (Å²) in [5, 5.41) is 17.0. The van der Waals surface area contributed by atoms with Crippen LogP contribution in [0.25, 0.3) is 0 Å². The zero-order valence-electron chi connectivity index (χ0n) is 21.1. The van der Waals surface area contributed by atoms with Gasteiger partial charge in [0.05, 0.1) is 12.1 Å². The zero-order chi connectivity index (χ0) is 24.6. The summed E-state index contributed by atoms with van der Waals surface area (Å²) < 4.78 is 5.90. The minimum atomic E-state index is -0.926. The van der Waals surface area contributed by atoms with Crippen LogP contribution in [0, 0.1) is 25.2 Å². The Morgan fingerprint density at radius 2 is 1.85 bits per heavy atom. The highest BCUT2D eigenvalue weighted by Crippen LogP contribution is 2.53. The van der Waals surface area contributed by atoms with Crippen LogP contribution in [0.1, 0.15) is 112 Å². The van der Waals surface area contributed by atoms with E-state index in [-0.39, 0.29) is 18.7 Å². The van der Waals surface area contributed by atoms with Crippen LogP contribution in [0.2, 0.25) is 0 Å². The minimum absolute atomic E-state index is 0.0720. The second kappa shape index (κ2) is 9.55. The molecule has 2 aliphatic rings. The maximum atomic E-state index is 12.9. The number of anilines is 1. The highest BCUT2D eigenvalue weighted by Gasteiger charge is 2.42. The standard InChI is InChI=1S/C28H38N2O4/c1-16-6-9-22(17(2)10-16)29-23(31)13-20(14-24(32)33)26-25(19-7-8-19)27(34-30-26)21-11-18(12-21)15-28(3,4)5/h6,9-10,18-21H,7-8,11-15H2,1-5H3,(H,29,31)(H,32,33)/t18?,20-,21?/m1/s1. The molecule has 2 N–H and O–H groups in total. The molecule has 2 aliphatic carbocycles. The topological polar surface area (TPSA) is 92.4 Å².